The predicted molar refractivity (Wildman–Crippen MR) is 64.8 cm³/mol. The minimum Gasteiger partial charge on any atom is -0.480 e. The smallest absolute Gasteiger partial charge is 0.325 e. The largest absolute Gasteiger partial charge is 0.480 e. The molecule has 0 amide bonds. The van der Waals surface area contributed by atoms with E-state index in [1.807, 2.05) is 25.1 Å². The molecule has 0 spiro atoms. The summed E-state index contributed by atoms with van der Waals surface area (Å²) in [5, 5.41) is 14.0. The number of hydrogen-bond donors (Lipinski definition) is 1. The lowest BCUT2D eigenvalue weighted by molar-refractivity contribution is -0.137. The van der Waals surface area contributed by atoms with Crippen LogP contribution in [0.4, 0.5) is 0 Å². The lowest BCUT2D eigenvalue weighted by atomic mass is 10.1. The first kappa shape index (κ1) is 10.4. The number of nitrogens with zero attached hydrogens (tertiary/aromatic N) is 2. The molecule has 2 rings (SSSR count). The van der Waals surface area contributed by atoms with Crippen molar-refractivity contribution >= 4 is 39.5 Å². The normalized spacial score (nSPS) is 10.8. The number of fused-ring (bicyclic) bond motifs is 1. The van der Waals surface area contributed by atoms with E-state index in [9.17, 15) is 4.79 Å². The van der Waals surface area contributed by atoms with E-state index < -0.39 is 5.97 Å². The molecule has 1 heterocycles. The lowest BCUT2D eigenvalue weighted by Gasteiger charge is -1.99. The van der Waals surface area contributed by atoms with Crippen LogP contribution < -0.4 is 0 Å². The maximum atomic E-state index is 10.6. The van der Waals surface area contributed by atoms with Crippen LogP contribution in [-0.2, 0) is 11.3 Å². The highest BCUT2D eigenvalue weighted by Crippen LogP contribution is 2.23. The summed E-state index contributed by atoms with van der Waals surface area (Å²) >= 11 is 2.13. The van der Waals surface area contributed by atoms with E-state index in [0.717, 1.165) is 20.2 Å². The van der Waals surface area contributed by atoms with Gasteiger partial charge in [-0.25, -0.2) is 0 Å². The second kappa shape index (κ2) is 3.80. The van der Waals surface area contributed by atoms with Crippen LogP contribution in [0.3, 0.4) is 0 Å². The third-order valence-electron chi connectivity index (χ3n) is 2.23. The molecule has 0 saturated heterocycles. The van der Waals surface area contributed by atoms with Crippen molar-refractivity contribution in [2.45, 2.75) is 13.5 Å². The molecule has 0 aliphatic carbocycles. The van der Waals surface area contributed by atoms with Crippen molar-refractivity contribution in [3.63, 3.8) is 0 Å². The summed E-state index contributed by atoms with van der Waals surface area (Å²) in [4.78, 5) is 10.6. The molecule has 2 aromatic rings. The molecule has 0 saturated carbocycles. The zero-order chi connectivity index (χ0) is 11.0. The van der Waals surface area contributed by atoms with E-state index in [-0.39, 0.29) is 6.54 Å². The summed E-state index contributed by atoms with van der Waals surface area (Å²) in [5.74, 6) is -0.877. The number of carboxylic acid groups (broad SMARTS) is 1. The van der Waals surface area contributed by atoms with Gasteiger partial charge in [0, 0.05) is 5.39 Å². The van der Waals surface area contributed by atoms with Gasteiger partial charge in [0.15, 0.2) is 0 Å². The fourth-order valence-corrected chi connectivity index (χ4v) is 2.56. The highest BCUT2D eigenvalue weighted by atomic mass is 127. The summed E-state index contributed by atoms with van der Waals surface area (Å²) < 4.78 is 2.37. The van der Waals surface area contributed by atoms with Gasteiger partial charge in [0.25, 0.3) is 0 Å². The number of aliphatic carboxylic acids is 1. The molecule has 1 aromatic carbocycles. The van der Waals surface area contributed by atoms with Crippen LogP contribution in [0.2, 0.25) is 0 Å². The number of hydrogen-bond acceptors (Lipinski definition) is 2. The van der Waals surface area contributed by atoms with Crippen LogP contribution >= 0.6 is 22.6 Å². The van der Waals surface area contributed by atoms with E-state index in [2.05, 4.69) is 27.7 Å². The molecule has 0 atom stereocenters. The first-order valence-corrected chi connectivity index (χ1v) is 5.51. The quantitative estimate of drug-likeness (QED) is 0.863. The van der Waals surface area contributed by atoms with Crippen LogP contribution in [0, 0.1) is 10.6 Å². The predicted octanol–water partition coefficient (Wildman–Crippen LogP) is 2.03. The topological polar surface area (TPSA) is 55.1 Å². The SMILES string of the molecule is Cc1cccc2c1c(I)nn2CC(=O)O. The highest BCUT2D eigenvalue weighted by Gasteiger charge is 2.11. The molecule has 0 bridgehead atoms. The van der Waals surface area contributed by atoms with Crippen molar-refractivity contribution in [1.82, 2.24) is 9.78 Å². The fraction of sp³-hybridized carbons (Fsp3) is 0.200. The fourth-order valence-electron chi connectivity index (χ4n) is 1.59. The number of aromatic nitrogens is 2. The van der Waals surface area contributed by atoms with Crippen LogP contribution in [0.15, 0.2) is 18.2 Å². The Labute approximate surface area is 100 Å². The molecule has 1 N–H and O–H groups in total. The van der Waals surface area contributed by atoms with Gasteiger partial charge in [-0.05, 0) is 41.1 Å². The van der Waals surface area contributed by atoms with Gasteiger partial charge in [-0.1, -0.05) is 12.1 Å². The van der Waals surface area contributed by atoms with Gasteiger partial charge in [0.1, 0.15) is 10.2 Å². The zero-order valence-electron chi connectivity index (χ0n) is 8.07. The maximum absolute atomic E-state index is 10.6. The van der Waals surface area contributed by atoms with Gasteiger partial charge in [-0.3, -0.25) is 9.48 Å². The molecular formula is C10H9IN2O2. The summed E-state index contributed by atoms with van der Waals surface area (Å²) in [6.07, 6.45) is 0. The Kier molecular flexibility index (Phi) is 2.64. The van der Waals surface area contributed by atoms with Gasteiger partial charge in [-0.2, -0.15) is 5.10 Å². The average molecular weight is 316 g/mol. The molecule has 5 heteroatoms. The number of halogens is 1. The second-order valence-electron chi connectivity index (χ2n) is 3.31. The Bertz CT molecular complexity index is 533. The van der Waals surface area contributed by atoms with Crippen LogP contribution in [0.5, 0.6) is 0 Å². The van der Waals surface area contributed by atoms with Crippen LogP contribution in [0.1, 0.15) is 5.56 Å². The molecule has 4 nitrogen and oxygen atoms in total. The summed E-state index contributed by atoms with van der Waals surface area (Å²) in [7, 11) is 0. The second-order valence-corrected chi connectivity index (χ2v) is 4.33. The van der Waals surface area contributed by atoms with Crippen molar-refractivity contribution in [3.8, 4) is 0 Å². The van der Waals surface area contributed by atoms with Crippen LogP contribution in [-0.4, -0.2) is 20.9 Å². The first-order chi connectivity index (χ1) is 7.09. The molecule has 0 unspecified atom stereocenters. The molecule has 0 aliphatic heterocycles. The van der Waals surface area contributed by atoms with Gasteiger partial charge < -0.3 is 5.11 Å². The summed E-state index contributed by atoms with van der Waals surface area (Å²) in [6, 6.07) is 5.80. The average Bonchev–Trinajstić information content (AvgIpc) is 2.44. The van der Waals surface area contributed by atoms with Crippen molar-refractivity contribution in [3.05, 3.63) is 27.5 Å². The minimum atomic E-state index is -0.877. The zero-order valence-corrected chi connectivity index (χ0v) is 10.2. The number of carboxylic acids is 1. The van der Waals surface area contributed by atoms with Crippen molar-refractivity contribution < 1.29 is 9.90 Å². The first-order valence-electron chi connectivity index (χ1n) is 4.43. The third kappa shape index (κ3) is 1.83. The molecule has 15 heavy (non-hydrogen) atoms. The highest BCUT2D eigenvalue weighted by molar-refractivity contribution is 14.1. The lowest BCUT2D eigenvalue weighted by Crippen LogP contribution is -2.09. The van der Waals surface area contributed by atoms with E-state index >= 15 is 0 Å². The summed E-state index contributed by atoms with van der Waals surface area (Å²) in [6.45, 7) is 1.90. The monoisotopic (exact) mass is 316 g/mol. The molecule has 0 aliphatic rings. The van der Waals surface area contributed by atoms with Crippen molar-refractivity contribution in [1.29, 1.82) is 0 Å². The van der Waals surface area contributed by atoms with Crippen molar-refractivity contribution in [2.75, 3.05) is 0 Å². The number of carbonyl (C=O) groups is 1. The Morgan fingerprint density at radius 3 is 3.00 bits per heavy atom. The Morgan fingerprint density at radius 2 is 2.33 bits per heavy atom. The van der Waals surface area contributed by atoms with Gasteiger partial charge in [-0.15, -0.1) is 0 Å². The van der Waals surface area contributed by atoms with Crippen molar-refractivity contribution in [2.24, 2.45) is 0 Å². The Balaban J connectivity index is 2.68. The number of benzene rings is 1. The molecule has 0 radical (unpaired) electrons. The standard InChI is InChI=1S/C10H9IN2O2/c1-6-3-2-4-7-9(6)10(11)12-13(7)5-8(14)15/h2-4H,5H2,1H3,(H,14,15). The van der Waals surface area contributed by atoms with Gasteiger partial charge in [0.05, 0.1) is 5.52 Å². The minimum absolute atomic E-state index is 0.0943. The van der Waals surface area contributed by atoms with E-state index in [1.54, 1.807) is 0 Å². The van der Waals surface area contributed by atoms with Gasteiger partial charge in [0.2, 0.25) is 0 Å². The van der Waals surface area contributed by atoms with Crippen LogP contribution in [0.25, 0.3) is 10.9 Å². The van der Waals surface area contributed by atoms with Gasteiger partial charge >= 0.3 is 5.97 Å². The Hall–Kier alpha value is -1.11. The molecular weight excluding hydrogens is 307 g/mol. The molecule has 1 aromatic heterocycles. The molecule has 0 fully saturated rings. The summed E-state index contributed by atoms with van der Waals surface area (Å²) in [5.41, 5.74) is 2.00. The Morgan fingerprint density at radius 1 is 1.60 bits per heavy atom. The van der Waals surface area contributed by atoms with E-state index in [1.165, 1.54) is 4.68 Å². The third-order valence-corrected chi connectivity index (χ3v) is 2.98. The number of aryl methyl sites for hydroxylation is 1. The maximum Gasteiger partial charge on any atom is 0.325 e. The van der Waals surface area contributed by atoms with E-state index in [0.29, 0.717) is 0 Å². The number of rotatable bonds is 2. The van der Waals surface area contributed by atoms with E-state index in [4.69, 9.17) is 5.11 Å². The molecule has 78 valence electrons.